The van der Waals surface area contributed by atoms with Crippen molar-refractivity contribution in [1.82, 2.24) is 9.47 Å². The Morgan fingerprint density at radius 2 is 1.75 bits per heavy atom. The topological polar surface area (TPSA) is 63.6 Å². The highest BCUT2D eigenvalue weighted by atomic mass is 16.5. The SMILES string of the molecule is COc1ccccc1NC(=O)N1C[C@H]2C[C@H](C1)c1ccc(-c3ccccc3C)c(=O)n1C2. The molecule has 2 aromatic carbocycles. The predicted octanol–water partition coefficient (Wildman–Crippen LogP) is 4.48. The first kappa shape index (κ1) is 20.4. The van der Waals surface area contributed by atoms with Crippen LogP contribution in [0.1, 0.15) is 23.6 Å². The Hall–Kier alpha value is -3.54. The minimum absolute atomic E-state index is 0.0680. The molecular formula is C26H27N3O3. The number of nitrogens with zero attached hydrogens (tertiary/aromatic N) is 2. The van der Waals surface area contributed by atoms with Gasteiger partial charge in [0.15, 0.2) is 0 Å². The first-order valence-electron chi connectivity index (χ1n) is 11.0. The van der Waals surface area contributed by atoms with Crippen molar-refractivity contribution in [2.45, 2.75) is 25.8 Å². The summed E-state index contributed by atoms with van der Waals surface area (Å²) in [6, 6.07) is 19.3. The minimum Gasteiger partial charge on any atom is -0.495 e. The normalized spacial score (nSPS) is 19.2. The van der Waals surface area contributed by atoms with Crippen LogP contribution in [0.2, 0.25) is 0 Å². The maximum absolute atomic E-state index is 13.4. The van der Waals surface area contributed by atoms with Gasteiger partial charge in [0.05, 0.1) is 12.8 Å². The first-order chi connectivity index (χ1) is 15.5. The molecule has 6 heteroatoms. The van der Waals surface area contributed by atoms with E-state index in [1.54, 1.807) is 7.11 Å². The Morgan fingerprint density at radius 1 is 0.969 bits per heavy atom. The van der Waals surface area contributed by atoms with Gasteiger partial charge in [-0.25, -0.2) is 4.79 Å². The number of benzene rings is 2. The number of fused-ring (bicyclic) bond motifs is 4. The second kappa shape index (κ2) is 8.19. The summed E-state index contributed by atoms with van der Waals surface area (Å²) in [5.74, 6) is 1.05. The number of anilines is 1. The Balaban J connectivity index is 1.40. The molecule has 2 aliphatic heterocycles. The van der Waals surface area contributed by atoms with Gasteiger partial charge in [-0.15, -0.1) is 0 Å². The number of pyridine rings is 1. The summed E-state index contributed by atoms with van der Waals surface area (Å²) in [6.45, 7) is 3.91. The molecule has 1 aromatic heterocycles. The molecule has 1 saturated heterocycles. The summed E-state index contributed by atoms with van der Waals surface area (Å²) in [4.78, 5) is 28.3. The number of likely N-dealkylation sites (tertiary alicyclic amines) is 1. The fraction of sp³-hybridized carbons (Fsp3) is 0.308. The maximum Gasteiger partial charge on any atom is 0.321 e. The van der Waals surface area contributed by atoms with E-state index in [0.29, 0.717) is 31.1 Å². The van der Waals surface area contributed by atoms with Crippen molar-refractivity contribution in [2.24, 2.45) is 5.92 Å². The summed E-state index contributed by atoms with van der Waals surface area (Å²) >= 11 is 0. The largest absolute Gasteiger partial charge is 0.495 e. The first-order valence-corrected chi connectivity index (χ1v) is 11.0. The number of para-hydroxylation sites is 2. The Kier molecular flexibility index (Phi) is 5.21. The monoisotopic (exact) mass is 429 g/mol. The number of amides is 2. The Morgan fingerprint density at radius 3 is 2.56 bits per heavy atom. The number of carbonyl (C=O) groups is 1. The summed E-state index contributed by atoms with van der Waals surface area (Å²) in [7, 11) is 1.59. The van der Waals surface area contributed by atoms with Crippen LogP contribution in [0, 0.1) is 12.8 Å². The van der Waals surface area contributed by atoms with Crippen LogP contribution in [0.4, 0.5) is 10.5 Å². The zero-order valence-corrected chi connectivity index (χ0v) is 18.4. The van der Waals surface area contributed by atoms with Crippen molar-refractivity contribution in [3.05, 3.63) is 82.3 Å². The summed E-state index contributed by atoms with van der Waals surface area (Å²) in [5.41, 5.74) is 4.59. The minimum atomic E-state index is -0.128. The zero-order chi connectivity index (χ0) is 22.2. The van der Waals surface area contributed by atoms with Gasteiger partial charge in [-0.1, -0.05) is 36.4 Å². The molecule has 0 unspecified atom stereocenters. The molecule has 1 N–H and O–H groups in total. The third-order valence-corrected chi connectivity index (χ3v) is 6.68. The van der Waals surface area contributed by atoms with Crippen LogP contribution in [0.5, 0.6) is 5.75 Å². The standard InChI is InChI=1S/C26H27N3O3/c1-17-7-3-4-8-20(17)21-11-12-23-19-13-18(15-29(23)25(21)30)14-28(16-19)26(31)27-22-9-5-6-10-24(22)32-2/h3-12,18-19H,13-16H2,1-2H3,(H,27,31)/t18-,19-/m1/s1. The third-order valence-electron chi connectivity index (χ3n) is 6.68. The van der Waals surface area contributed by atoms with Gasteiger partial charge in [0.1, 0.15) is 5.75 Å². The summed E-state index contributed by atoms with van der Waals surface area (Å²) in [5, 5.41) is 2.99. The van der Waals surface area contributed by atoms with Crippen molar-refractivity contribution < 1.29 is 9.53 Å². The molecule has 2 amide bonds. The number of piperidine rings is 1. The van der Waals surface area contributed by atoms with Gasteiger partial charge in [-0.2, -0.15) is 0 Å². The second-order valence-electron chi connectivity index (χ2n) is 8.74. The summed E-state index contributed by atoms with van der Waals surface area (Å²) < 4.78 is 7.29. The van der Waals surface area contributed by atoms with Gasteiger partial charge in [0.2, 0.25) is 0 Å². The van der Waals surface area contributed by atoms with E-state index >= 15 is 0 Å². The number of rotatable bonds is 3. The fourth-order valence-corrected chi connectivity index (χ4v) is 5.13. The van der Waals surface area contributed by atoms with Crippen molar-refractivity contribution in [3.63, 3.8) is 0 Å². The van der Waals surface area contributed by atoms with Crippen LogP contribution in [0.25, 0.3) is 11.1 Å². The van der Waals surface area contributed by atoms with Crippen molar-refractivity contribution >= 4 is 11.7 Å². The smallest absolute Gasteiger partial charge is 0.321 e. The van der Waals surface area contributed by atoms with E-state index in [1.165, 1.54) is 0 Å². The maximum atomic E-state index is 13.4. The molecule has 5 rings (SSSR count). The molecule has 0 saturated carbocycles. The van der Waals surface area contributed by atoms with E-state index in [0.717, 1.165) is 28.8 Å². The molecule has 0 radical (unpaired) electrons. The van der Waals surface area contributed by atoms with Gasteiger partial charge in [-0.3, -0.25) is 4.79 Å². The lowest BCUT2D eigenvalue weighted by Crippen LogP contribution is -2.50. The van der Waals surface area contributed by atoms with Crippen molar-refractivity contribution in [1.29, 1.82) is 0 Å². The van der Waals surface area contributed by atoms with Crippen LogP contribution in [-0.2, 0) is 6.54 Å². The molecule has 3 heterocycles. The molecule has 0 spiro atoms. The molecule has 0 aliphatic carbocycles. The van der Waals surface area contributed by atoms with E-state index < -0.39 is 0 Å². The van der Waals surface area contributed by atoms with Crippen molar-refractivity contribution in [2.75, 3.05) is 25.5 Å². The second-order valence-corrected chi connectivity index (χ2v) is 8.74. The van der Waals surface area contributed by atoms with Gasteiger partial charge in [-0.05, 0) is 54.7 Å². The molecule has 6 nitrogen and oxygen atoms in total. The van der Waals surface area contributed by atoms with Gasteiger partial charge in [0.25, 0.3) is 5.56 Å². The molecule has 32 heavy (non-hydrogen) atoms. The molecule has 164 valence electrons. The van der Waals surface area contributed by atoms with E-state index in [9.17, 15) is 9.59 Å². The van der Waals surface area contributed by atoms with E-state index in [-0.39, 0.29) is 23.4 Å². The number of ether oxygens (including phenoxy) is 1. The number of nitrogens with one attached hydrogen (secondary N) is 1. The Bertz CT molecular complexity index is 1230. The predicted molar refractivity (Wildman–Crippen MR) is 125 cm³/mol. The third kappa shape index (κ3) is 3.55. The van der Waals surface area contributed by atoms with Gasteiger partial charge in [0, 0.05) is 36.8 Å². The molecule has 2 bridgehead atoms. The summed E-state index contributed by atoms with van der Waals surface area (Å²) in [6.07, 6.45) is 1.00. The number of hydrogen-bond donors (Lipinski definition) is 1. The molecule has 1 fully saturated rings. The Labute approximate surface area is 187 Å². The molecule has 2 aliphatic rings. The highest BCUT2D eigenvalue weighted by Gasteiger charge is 2.37. The van der Waals surface area contributed by atoms with Crippen LogP contribution >= 0.6 is 0 Å². The van der Waals surface area contributed by atoms with E-state index in [2.05, 4.69) is 11.4 Å². The quantitative estimate of drug-likeness (QED) is 0.668. The number of carbonyl (C=O) groups excluding carboxylic acids is 1. The lowest BCUT2D eigenvalue weighted by atomic mass is 9.83. The lowest BCUT2D eigenvalue weighted by molar-refractivity contribution is 0.139. The van der Waals surface area contributed by atoms with Gasteiger partial charge < -0.3 is 19.5 Å². The van der Waals surface area contributed by atoms with E-state index in [1.807, 2.05) is 71.0 Å². The molecule has 2 atom stereocenters. The van der Waals surface area contributed by atoms with Gasteiger partial charge >= 0.3 is 6.03 Å². The zero-order valence-electron chi connectivity index (χ0n) is 18.4. The van der Waals surface area contributed by atoms with Crippen molar-refractivity contribution in [3.8, 4) is 16.9 Å². The number of aromatic nitrogens is 1. The van der Waals surface area contributed by atoms with Crippen LogP contribution < -0.4 is 15.6 Å². The molecule has 3 aromatic rings. The highest BCUT2D eigenvalue weighted by molar-refractivity contribution is 5.91. The number of aryl methyl sites for hydroxylation is 1. The lowest BCUT2D eigenvalue weighted by Gasteiger charge is -2.42. The number of hydrogen-bond acceptors (Lipinski definition) is 3. The number of urea groups is 1. The fourth-order valence-electron chi connectivity index (χ4n) is 5.13. The average Bonchev–Trinajstić information content (AvgIpc) is 2.80. The van der Waals surface area contributed by atoms with Crippen LogP contribution in [0.15, 0.2) is 65.5 Å². The van der Waals surface area contributed by atoms with Crippen LogP contribution in [0.3, 0.4) is 0 Å². The highest BCUT2D eigenvalue weighted by Crippen LogP contribution is 2.36. The molecular weight excluding hydrogens is 402 g/mol. The average molecular weight is 430 g/mol. The van der Waals surface area contributed by atoms with Crippen LogP contribution in [-0.4, -0.2) is 35.7 Å². The van der Waals surface area contributed by atoms with E-state index in [4.69, 9.17) is 4.74 Å². The number of methoxy groups -OCH3 is 1.